The molecule has 16 heavy (non-hydrogen) atoms. The Bertz CT molecular complexity index is 404. The molecule has 1 aromatic carbocycles. The van der Waals surface area contributed by atoms with Crippen molar-refractivity contribution in [2.45, 2.75) is 20.3 Å². The molecule has 0 aliphatic heterocycles. The third-order valence-corrected chi connectivity index (χ3v) is 3.04. The number of carboxylic acid groups (broad SMARTS) is 1. The predicted molar refractivity (Wildman–Crippen MR) is 64.1 cm³/mol. The summed E-state index contributed by atoms with van der Waals surface area (Å²) in [6, 6.07) is 5.53. The second-order valence-corrected chi connectivity index (χ2v) is 4.38. The van der Waals surface area contributed by atoms with Crippen LogP contribution >= 0.6 is 0 Å². The fourth-order valence-electron chi connectivity index (χ4n) is 1.55. The Balaban J connectivity index is 3.04. The molecule has 0 bridgehead atoms. The van der Waals surface area contributed by atoms with Gasteiger partial charge in [0.1, 0.15) is 0 Å². The molecule has 0 saturated carbocycles. The Morgan fingerprint density at radius 2 is 2.12 bits per heavy atom. The fraction of sp³-hybridized carbons (Fsp3) is 0.417. The van der Waals surface area contributed by atoms with Gasteiger partial charge in [0.05, 0.1) is 5.41 Å². The summed E-state index contributed by atoms with van der Waals surface area (Å²) in [5, 5.41) is 9.14. The molecule has 0 spiro atoms. The molecule has 0 aromatic heterocycles. The highest BCUT2D eigenvalue weighted by Gasteiger charge is 2.32. The number of carboxylic acids is 1. The van der Waals surface area contributed by atoms with Gasteiger partial charge in [0.25, 0.3) is 0 Å². The molecule has 0 aliphatic rings. The topological polar surface area (TPSA) is 89.3 Å². The molecule has 4 heteroatoms. The second kappa shape index (κ2) is 4.53. The van der Waals surface area contributed by atoms with E-state index in [-0.39, 0.29) is 6.54 Å². The summed E-state index contributed by atoms with van der Waals surface area (Å²) in [5.74, 6) is -0.878. The number of nitrogen functional groups attached to an aromatic ring is 1. The van der Waals surface area contributed by atoms with Crippen LogP contribution < -0.4 is 11.5 Å². The van der Waals surface area contributed by atoms with Crippen LogP contribution in [0.1, 0.15) is 18.1 Å². The van der Waals surface area contributed by atoms with E-state index in [9.17, 15) is 4.79 Å². The smallest absolute Gasteiger partial charge is 0.310 e. The zero-order valence-corrected chi connectivity index (χ0v) is 9.66. The lowest BCUT2D eigenvalue weighted by molar-refractivity contribution is -0.147. The van der Waals surface area contributed by atoms with Crippen LogP contribution in [0.15, 0.2) is 18.2 Å². The van der Waals surface area contributed by atoms with E-state index in [1.54, 1.807) is 13.0 Å². The molecule has 0 aliphatic carbocycles. The predicted octanol–water partition coefficient (Wildman–Crippen LogP) is 1.17. The van der Waals surface area contributed by atoms with Crippen LogP contribution in [-0.2, 0) is 11.2 Å². The van der Waals surface area contributed by atoms with Gasteiger partial charge in [0.2, 0.25) is 0 Å². The zero-order valence-electron chi connectivity index (χ0n) is 9.66. The van der Waals surface area contributed by atoms with Crippen LogP contribution in [0, 0.1) is 12.3 Å². The van der Waals surface area contributed by atoms with Crippen molar-refractivity contribution in [3.8, 4) is 0 Å². The van der Waals surface area contributed by atoms with E-state index in [2.05, 4.69) is 0 Å². The third-order valence-electron chi connectivity index (χ3n) is 3.04. The van der Waals surface area contributed by atoms with Crippen molar-refractivity contribution >= 4 is 11.7 Å². The van der Waals surface area contributed by atoms with Crippen molar-refractivity contribution in [2.24, 2.45) is 11.1 Å². The van der Waals surface area contributed by atoms with E-state index in [0.29, 0.717) is 12.1 Å². The Kier molecular flexibility index (Phi) is 3.55. The Hall–Kier alpha value is -1.55. The molecule has 0 heterocycles. The van der Waals surface area contributed by atoms with E-state index in [4.69, 9.17) is 16.6 Å². The first kappa shape index (κ1) is 12.5. The molecule has 0 saturated heterocycles. The van der Waals surface area contributed by atoms with Gasteiger partial charge < -0.3 is 16.6 Å². The Morgan fingerprint density at radius 3 is 2.62 bits per heavy atom. The van der Waals surface area contributed by atoms with Crippen LogP contribution in [0.5, 0.6) is 0 Å². The van der Waals surface area contributed by atoms with Crippen LogP contribution in [0.3, 0.4) is 0 Å². The molecular formula is C12H18N2O2. The first-order valence-electron chi connectivity index (χ1n) is 5.18. The minimum absolute atomic E-state index is 0.108. The van der Waals surface area contributed by atoms with Crippen molar-refractivity contribution in [1.82, 2.24) is 0 Å². The quantitative estimate of drug-likeness (QED) is 0.667. The van der Waals surface area contributed by atoms with Gasteiger partial charge in [-0.1, -0.05) is 12.1 Å². The molecule has 5 N–H and O–H groups in total. The first-order chi connectivity index (χ1) is 7.40. The average Bonchev–Trinajstić information content (AvgIpc) is 2.24. The van der Waals surface area contributed by atoms with Crippen molar-refractivity contribution < 1.29 is 9.90 Å². The van der Waals surface area contributed by atoms with Gasteiger partial charge in [-0.15, -0.1) is 0 Å². The monoisotopic (exact) mass is 222 g/mol. The number of rotatable bonds is 4. The third kappa shape index (κ3) is 2.33. The zero-order chi connectivity index (χ0) is 12.3. The minimum atomic E-state index is -0.932. The van der Waals surface area contributed by atoms with Gasteiger partial charge in [-0.3, -0.25) is 4.79 Å². The first-order valence-corrected chi connectivity index (χ1v) is 5.18. The molecular weight excluding hydrogens is 204 g/mol. The molecule has 1 atom stereocenters. The molecule has 0 amide bonds. The Morgan fingerprint density at radius 1 is 1.50 bits per heavy atom. The lowest BCUT2D eigenvalue weighted by Gasteiger charge is -2.24. The molecule has 0 fully saturated rings. The van der Waals surface area contributed by atoms with E-state index >= 15 is 0 Å². The maximum atomic E-state index is 11.1. The van der Waals surface area contributed by atoms with Gasteiger partial charge in [0, 0.05) is 12.2 Å². The Labute approximate surface area is 95.3 Å². The SMILES string of the molecule is Cc1c(N)cccc1CC(C)(CN)C(=O)O. The van der Waals surface area contributed by atoms with Crippen molar-refractivity contribution in [3.63, 3.8) is 0 Å². The summed E-state index contributed by atoms with van der Waals surface area (Å²) < 4.78 is 0. The highest BCUT2D eigenvalue weighted by atomic mass is 16.4. The summed E-state index contributed by atoms with van der Waals surface area (Å²) >= 11 is 0. The van der Waals surface area contributed by atoms with Crippen molar-refractivity contribution in [3.05, 3.63) is 29.3 Å². The molecule has 4 nitrogen and oxygen atoms in total. The number of aliphatic carboxylic acids is 1. The van der Waals surface area contributed by atoms with Crippen molar-refractivity contribution in [1.29, 1.82) is 0 Å². The van der Waals surface area contributed by atoms with E-state index in [0.717, 1.165) is 11.1 Å². The number of hydrogen-bond acceptors (Lipinski definition) is 3. The van der Waals surface area contributed by atoms with Crippen molar-refractivity contribution in [2.75, 3.05) is 12.3 Å². The summed E-state index contributed by atoms with van der Waals surface area (Å²) in [6.07, 6.45) is 0.399. The summed E-state index contributed by atoms with van der Waals surface area (Å²) in [7, 11) is 0. The lowest BCUT2D eigenvalue weighted by atomic mass is 9.82. The standard InChI is InChI=1S/C12H18N2O2/c1-8-9(4-3-5-10(8)14)6-12(2,7-13)11(15)16/h3-5H,6-7,13-14H2,1-2H3,(H,15,16). The van der Waals surface area contributed by atoms with Gasteiger partial charge in [-0.05, 0) is 37.5 Å². The molecule has 88 valence electrons. The minimum Gasteiger partial charge on any atom is -0.481 e. The largest absolute Gasteiger partial charge is 0.481 e. The maximum Gasteiger partial charge on any atom is 0.310 e. The van der Waals surface area contributed by atoms with E-state index in [1.807, 2.05) is 19.1 Å². The summed E-state index contributed by atoms with van der Waals surface area (Å²) in [6.45, 7) is 3.65. The fourth-order valence-corrected chi connectivity index (χ4v) is 1.55. The molecule has 1 rings (SSSR count). The second-order valence-electron chi connectivity index (χ2n) is 4.38. The number of benzene rings is 1. The lowest BCUT2D eigenvalue weighted by Crippen LogP contribution is -2.37. The molecule has 0 radical (unpaired) electrons. The number of nitrogens with two attached hydrogens (primary N) is 2. The average molecular weight is 222 g/mol. The van der Waals surface area contributed by atoms with Crippen LogP contribution in [0.2, 0.25) is 0 Å². The molecule has 1 unspecified atom stereocenters. The normalized spacial score (nSPS) is 14.4. The van der Waals surface area contributed by atoms with E-state index in [1.165, 1.54) is 0 Å². The van der Waals surface area contributed by atoms with Gasteiger partial charge in [-0.2, -0.15) is 0 Å². The number of anilines is 1. The number of hydrogen-bond donors (Lipinski definition) is 3. The van der Waals surface area contributed by atoms with Crippen LogP contribution in [-0.4, -0.2) is 17.6 Å². The highest BCUT2D eigenvalue weighted by Crippen LogP contribution is 2.25. The summed E-state index contributed by atoms with van der Waals surface area (Å²) in [4.78, 5) is 11.1. The van der Waals surface area contributed by atoms with Crippen LogP contribution in [0.25, 0.3) is 0 Å². The van der Waals surface area contributed by atoms with Gasteiger partial charge in [-0.25, -0.2) is 0 Å². The number of carbonyl (C=O) groups is 1. The van der Waals surface area contributed by atoms with Gasteiger partial charge in [0.15, 0.2) is 0 Å². The van der Waals surface area contributed by atoms with Crippen LogP contribution in [0.4, 0.5) is 5.69 Å². The molecule has 1 aromatic rings. The maximum absolute atomic E-state index is 11.1. The van der Waals surface area contributed by atoms with Gasteiger partial charge >= 0.3 is 5.97 Å². The highest BCUT2D eigenvalue weighted by molar-refractivity contribution is 5.75. The van der Waals surface area contributed by atoms with E-state index < -0.39 is 11.4 Å². The summed E-state index contributed by atoms with van der Waals surface area (Å²) in [5.41, 5.74) is 12.9.